The Hall–Kier alpha value is -2.70. The highest BCUT2D eigenvalue weighted by atomic mass is 16.4. The number of carboxylic acids is 1. The lowest BCUT2D eigenvalue weighted by atomic mass is 9.93. The Morgan fingerprint density at radius 3 is 2.26 bits per heavy atom. The van der Waals surface area contributed by atoms with Crippen LogP contribution < -0.4 is 0 Å². The number of carboxylic acid groups (broad SMARTS) is 1. The van der Waals surface area contributed by atoms with Gasteiger partial charge in [0.05, 0.1) is 17.5 Å². The van der Waals surface area contributed by atoms with Crippen molar-refractivity contribution < 1.29 is 24.3 Å². The fourth-order valence-electron chi connectivity index (χ4n) is 4.05. The molecule has 27 heavy (non-hydrogen) atoms. The molecular weight excluding hydrogens is 348 g/mol. The van der Waals surface area contributed by atoms with Gasteiger partial charge in [-0.15, -0.1) is 0 Å². The van der Waals surface area contributed by atoms with Gasteiger partial charge in [0.2, 0.25) is 5.91 Å². The first-order valence-corrected chi connectivity index (χ1v) is 9.32. The lowest BCUT2D eigenvalue weighted by Crippen LogP contribution is -2.56. The van der Waals surface area contributed by atoms with Crippen molar-refractivity contribution in [2.75, 3.05) is 6.54 Å². The van der Waals surface area contributed by atoms with Crippen LogP contribution in [-0.2, 0) is 9.59 Å². The first kappa shape index (κ1) is 19.1. The highest BCUT2D eigenvalue weighted by Gasteiger charge is 2.47. The number of fused-ring (bicyclic) bond motifs is 1. The van der Waals surface area contributed by atoms with Gasteiger partial charge in [0.15, 0.2) is 0 Å². The number of rotatable bonds is 5. The quantitative estimate of drug-likeness (QED) is 0.799. The Morgan fingerprint density at radius 2 is 1.74 bits per heavy atom. The molecule has 1 fully saturated rings. The van der Waals surface area contributed by atoms with Crippen molar-refractivity contribution in [2.45, 2.75) is 51.6 Å². The predicted octanol–water partition coefficient (Wildman–Crippen LogP) is 2.16. The summed E-state index contributed by atoms with van der Waals surface area (Å²) in [5.74, 6) is -3.16. The van der Waals surface area contributed by atoms with Crippen molar-refractivity contribution >= 4 is 23.7 Å². The van der Waals surface area contributed by atoms with Crippen LogP contribution in [0.1, 0.15) is 60.2 Å². The van der Waals surface area contributed by atoms with Crippen LogP contribution in [0, 0.1) is 5.92 Å². The fraction of sp³-hybridized carbons (Fsp3) is 0.500. The third kappa shape index (κ3) is 3.46. The van der Waals surface area contributed by atoms with Gasteiger partial charge in [0.1, 0.15) is 6.04 Å². The molecule has 2 aliphatic heterocycles. The summed E-state index contributed by atoms with van der Waals surface area (Å²) in [6.07, 6.45) is 2.44. The van der Waals surface area contributed by atoms with Crippen LogP contribution in [0.2, 0.25) is 0 Å². The number of carbonyl (C=O) groups is 4. The van der Waals surface area contributed by atoms with Gasteiger partial charge < -0.3 is 10.0 Å². The molecular formula is C20H24N2O5. The van der Waals surface area contributed by atoms with Gasteiger partial charge in [-0.2, -0.15) is 0 Å². The molecule has 1 saturated heterocycles. The molecule has 1 aromatic rings. The van der Waals surface area contributed by atoms with E-state index in [1.54, 1.807) is 36.1 Å². The smallest absolute Gasteiger partial charge is 0.303 e. The van der Waals surface area contributed by atoms with E-state index in [4.69, 9.17) is 0 Å². The van der Waals surface area contributed by atoms with Crippen LogP contribution in [0.5, 0.6) is 0 Å². The molecule has 0 aliphatic carbocycles. The number of piperidine rings is 1. The Labute approximate surface area is 157 Å². The first-order chi connectivity index (χ1) is 12.8. The maximum Gasteiger partial charge on any atom is 0.303 e. The van der Waals surface area contributed by atoms with Gasteiger partial charge in [-0.3, -0.25) is 24.1 Å². The van der Waals surface area contributed by atoms with E-state index in [-0.39, 0.29) is 29.5 Å². The van der Waals surface area contributed by atoms with Crippen molar-refractivity contribution in [3.05, 3.63) is 35.4 Å². The van der Waals surface area contributed by atoms with Gasteiger partial charge in [-0.1, -0.05) is 19.1 Å². The van der Waals surface area contributed by atoms with E-state index in [1.807, 2.05) is 6.92 Å². The van der Waals surface area contributed by atoms with Gasteiger partial charge in [0.25, 0.3) is 11.8 Å². The van der Waals surface area contributed by atoms with Crippen molar-refractivity contribution in [1.29, 1.82) is 0 Å². The van der Waals surface area contributed by atoms with Crippen molar-refractivity contribution in [3.8, 4) is 0 Å². The lowest BCUT2D eigenvalue weighted by molar-refractivity contribution is -0.143. The molecule has 144 valence electrons. The van der Waals surface area contributed by atoms with E-state index < -0.39 is 29.7 Å². The monoisotopic (exact) mass is 372 g/mol. The van der Waals surface area contributed by atoms with E-state index in [0.29, 0.717) is 6.54 Å². The SMILES string of the molecule is CC(CC(=O)O)C(C(=O)N1CCCCC1C)N1C(=O)c2ccccc2C1=O. The highest BCUT2D eigenvalue weighted by Crippen LogP contribution is 2.30. The molecule has 3 rings (SSSR count). The van der Waals surface area contributed by atoms with E-state index in [1.165, 1.54) is 0 Å². The third-order valence-corrected chi connectivity index (χ3v) is 5.48. The van der Waals surface area contributed by atoms with Gasteiger partial charge in [-0.25, -0.2) is 0 Å². The summed E-state index contributed by atoms with van der Waals surface area (Å²) in [6, 6.07) is 5.33. The van der Waals surface area contributed by atoms with Crippen molar-refractivity contribution in [3.63, 3.8) is 0 Å². The second kappa shape index (κ2) is 7.50. The molecule has 1 aromatic carbocycles. The summed E-state index contributed by atoms with van der Waals surface area (Å²) in [4.78, 5) is 53.1. The topological polar surface area (TPSA) is 95.0 Å². The summed E-state index contributed by atoms with van der Waals surface area (Å²) < 4.78 is 0. The van der Waals surface area contributed by atoms with Gasteiger partial charge >= 0.3 is 5.97 Å². The normalized spacial score (nSPS) is 21.8. The summed E-state index contributed by atoms with van der Waals surface area (Å²) in [5, 5.41) is 9.21. The fourth-order valence-corrected chi connectivity index (χ4v) is 4.05. The summed E-state index contributed by atoms with van der Waals surface area (Å²) in [6.45, 7) is 4.10. The standard InChI is InChI=1S/C20H24N2O5/c1-12(11-16(23)24)17(20(27)21-10-6-5-7-13(21)2)22-18(25)14-8-3-4-9-15(14)19(22)26/h3-4,8-9,12-13,17H,5-7,10-11H2,1-2H3,(H,23,24). The van der Waals surface area contributed by atoms with Crippen LogP contribution in [-0.4, -0.2) is 57.2 Å². The Kier molecular flexibility index (Phi) is 5.30. The third-order valence-electron chi connectivity index (χ3n) is 5.48. The minimum absolute atomic E-state index is 0.000889. The van der Waals surface area contributed by atoms with E-state index in [2.05, 4.69) is 0 Å². The number of hydrogen-bond acceptors (Lipinski definition) is 4. The molecule has 0 spiro atoms. The van der Waals surface area contributed by atoms with E-state index in [0.717, 1.165) is 24.2 Å². The predicted molar refractivity (Wildman–Crippen MR) is 97.2 cm³/mol. The summed E-state index contributed by atoms with van der Waals surface area (Å²) in [5.41, 5.74) is 0.518. The number of likely N-dealkylation sites (tertiary alicyclic amines) is 1. The molecule has 7 nitrogen and oxygen atoms in total. The molecule has 0 aromatic heterocycles. The van der Waals surface area contributed by atoms with Gasteiger partial charge in [-0.05, 0) is 44.2 Å². The largest absolute Gasteiger partial charge is 0.481 e. The molecule has 0 bridgehead atoms. The average Bonchev–Trinajstić information content (AvgIpc) is 2.87. The van der Waals surface area contributed by atoms with Crippen LogP contribution in [0.25, 0.3) is 0 Å². The molecule has 2 aliphatic rings. The van der Waals surface area contributed by atoms with Crippen LogP contribution in [0.4, 0.5) is 0 Å². The number of nitrogens with zero attached hydrogens (tertiary/aromatic N) is 2. The average molecular weight is 372 g/mol. The first-order valence-electron chi connectivity index (χ1n) is 9.32. The van der Waals surface area contributed by atoms with Gasteiger partial charge in [0, 0.05) is 12.6 Å². The minimum atomic E-state index is -1.12. The van der Waals surface area contributed by atoms with Crippen LogP contribution in [0.3, 0.4) is 0 Å². The molecule has 3 amide bonds. The molecule has 0 saturated carbocycles. The second-order valence-corrected chi connectivity index (χ2v) is 7.42. The zero-order chi connectivity index (χ0) is 19.7. The highest BCUT2D eigenvalue weighted by molar-refractivity contribution is 6.22. The molecule has 3 unspecified atom stereocenters. The Balaban J connectivity index is 1.98. The molecule has 7 heteroatoms. The van der Waals surface area contributed by atoms with E-state index >= 15 is 0 Å². The summed E-state index contributed by atoms with van der Waals surface area (Å²) in [7, 11) is 0. The van der Waals surface area contributed by atoms with Crippen molar-refractivity contribution in [1.82, 2.24) is 9.80 Å². The zero-order valence-electron chi connectivity index (χ0n) is 15.6. The maximum atomic E-state index is 13.3. The summed E-state index contributed by atoms with van der Waals surface area (Å²) >= 11 is 0. The Morgan fingerprint density at radius 1 is 1.15 bits per heavy atom. The molecule has 2 heterocycles. The Bertz CT molecular complexity index is 755. The van der Waals surface area contributed by atoms with Crippen LogP contribution >= 0.6 is 0 Å². The lowest BCUT2D eigenvalue weighted by Gasteiger charge is -2.39. The van der Waals surface area contributed by atoms with E-state index in [9.17, 15) is 24.3 Å². The molecule has 0 radical (unpaired) electrons. The minimum Gasteiger partial charge on any atom is -0.481 e. The number of carbonyl (C=O) groups excluding carboxylic acids is 3. The zero-order valence-corrected chi connectivity index (χ0v) is 15.6. The maximum absolute atomic E-state index is 13.3. The van der Waals surface area contributed by atoms with Crippen molar-refractivity contribution in [2.24, 2.45) is 5.92 Å². The second-order valence-electron chi connectivity index (χ2n) is 7.42. The number of imide groups is 1. The molecule has 3 atom stereocenters. The number of benzene rings is 1. The molecule has 1 N–H and O–H groups in total. The van der Waals surface area contributed by atoms with Crippen LogP contribution in [0.15, 0.2) is 24.3 Å². The number of aliphatic carboxylic acids is 1. The number of hydrogen-bond donors (Lipinski definition) is 1. The number of amides is 3.